The minimum atomic E-state index is -0.537. The van der Waals surface area contributed by atoms with E-state index in [2.05, 4.69) is 48.0 Å². The van der Waals surface area contributed by atoms with Gasteiger partial charge < -0.3 is 25.3 Å². The normalized spacial score (nSPS) is 15.8. The van der Waals surface area contributed by atoms with E-state index in [-0.39, 0.29) is 32.7 Å². The van der Waals surface area contributed by atoms with Gasteiger partial charge in [0.1, 0.15) is 0 Å². The van der Waals surface area contributed by atoms with Crippen LogP contribution in [0, 0.1) is 0 Å². The third kappa shape index (κ3) is 27.4. The maximum Gasteiger partial charge on any atom is 3.00 e. The van der Waals surface area contributed by atoms with Gasteiger partial charge in [0.05, 0.1) is 16.9 Å². The summed E-state index contributed by atoms with van der Waals surface area (Å²) in [6, 6.07) is 4.38. The van der Waals surface area contributed by atoms with E-state index >= 15 is 0 Å². The number of likely N-dealkylation sites (tertiary alicyclic amines) is 1. The number of aromatic nitrogens is 1. The first kappa shape index (κ1) is 37.7. The fraction of sp³-hybridized carbons (Fsp3) is 0.696. The topological polar surface area (TPSA) is 73.9 Å². The van der Waals surface area contributed by atoms with Crippen LogP contribution < -0.4 is 0 Å². The number of aliphatic hydroxyl groups excluding tert-OH is 2. The predicted molar refractivity (Wildman–Crippen MR) is 133 cm³/mol. The smallest absolute Gasteiger partial charge is 0.664 e. The quantitative estimate of drug-likeness (QED) is 0.377. The summed E-state index contributed by atoms with van der Waals surface area (Å²) >= 11 is 5.48. The van der Waals surface area contributed by atoms with Crippen LogP contribution in [-0.2, 0) is 19.5 Å². The molecule has 2 rings (SSSR count). The summed E-state index contributed by atoms with van der Waals surface area (Å²) in [5, 5.41) is 21.7. The van der Waals surface area contributed by atoms with Crippen molar-refractivity contribution in [1.82, 2.24) is 14.8 Å². The van der Waals surface area contributed by atoms with Gasteiger partial charge in [-0.05, 0) is 65.7 Å². The van der Waals surface area contributed by atoms with Gasteiger partial charge in [0.15, 0.2) is 0 Å². The molecule has 6 nitrogen and oxygen atoms in total. The van der Waals surface area contributed by atoms with Gasteiger partial charge in [0.2, 0.25) is 0 Å². The molecule has 31 heavy (non-hydrogen) atoms. The van der Waals surface area contributed by atoms with Crippen LogP contribution in [0.25, 0.3) is 5.32 Å². The maximum absolute atomic E-state index is 8.49. The summed E-state index contributed by atoms with van der Waals surface area (Å²) in [5.41, 5.74) is 0. The zero-order valence-electron chi connectivity index (χ0n) is 19.7. The minimum absolute atomic E-state index is 0. The summed E-state index contributed by atoms with van der Waals surface area (Å²) < 4.78 is 0. The second kappa shape index (κ2) is 25.7. The number of halogens is 1. The van der Waals surface area contributed by atoms with Crippen molar-refractivity contribution in [2.75, 3.05) is 47.3 Å². The van der Waals surface area contributed by atoms with E-state index in [4.69, 9.17) is 21.8 Å². The molecule has 2 heterocycles. The largest absolute Gasteiger partial charge is 3.00 e. The summed E-state index contributed by atoms with van der Waals surface area (Å²) in [6.07, 6.45) is 6.72. The molecule has 8 heteroatoms. The van der Waals surface area contributed by atoms with Crippen molar-refractivity contribution < 1.29 is 29.7 Å². The molecule has 0 bridgehead atoms. The van der Waals surface area contributed by atoms with E-state index in [1.165, 1.54) is 38.9 Å². The number of nitrogens with zero attached hydrogens (tertiary/aromatic N) is 4. The molecule has 1 radical (unpaired) electrons. The maximum atomic E-state index is 8.49. The van der Waals surface area contributed by atoms with Crippen molar-refractivity contribution in [3.8, 4) is 0 Å². The number of likely N-dealkylation sites (N-methyl/N-ethyl adjacent to an activating group) is 3. The number of aliphatic hydroxyl groups is 2. The first-order valence-corrected chi connectivity index (χ1v) is 10.6. The molecule has 1 aromatic rings. The monoisotopic (exact) mass is 547 g/mol. The Kier molecular flexibility index (Phi) is 31.3. The van der Waals surface area contributed by atoms with Crippen LogP contribution in [0.5, 0.6) is 0 Å². The van der Waals surface area contributed by atoms with E-state index in [0.717, 1.165) is 19.1 Å². The van der Waals surface area contributed by atoms with Crippen molar-refractivity contribution in [1.29, 1.82) is 0 Å². The Morgan fingerprint density at radius 3 is 2.26 bits per heavy atom. The first-order chi connectivity index (χ1) is 13.7. The van der Waals surface area contributed by atoms with Gasteiger partial charge in [-0.25, -0.2) is 0 Å². The van der Waals surface area contributed by atoms with Gasteiger partial charge in [-0.2, -0.15) is 7.05 Å². The molecule has 0 aliphatic carbocycles. The molecule has 2 unspecified atom stereocenters. The minimum Gasteiger partial charge on any atom is -0.664 e. The van der Waals surface area contributed by atoms with Crippen molar-refractivity contribution in [2.24, 2.45) is 0 Å². The second-order valence-electron chi connectivity index (χ2n) is 7.15. The van der Waals surface area contributed by atoms with E-state index in [9.17, 15) is 0 Å². The van der Waals surface area contributed by atoms with Gasteiger partial charge >= 0.3 is 19.5 Å². The molecule has 0 spiro atoms. The molecule has 1 aliphatic heterocycles. The zero-order valence-corrected chi connectivity index (χ0v) is 22.2. The van der Waals surface area contributed by atoms with Gasteiger partial charge in [-0.3, -0.25) is 4.98 Å². The Balaban J connectivity index is -0.000000168. The number of pyridine rings is 1. The summed E-state index contributed by atoms with van der Waals surface area (Å²) in [5.74, 6) is 0.162. The van der Waals surface area contributed by atoms with Crippen LogP contribution in [0.4, 0.5) is 0 Å². The molecule has 0 amide bonds. The van der Waals surface area contributed by atoms with Crippen LogP contribution >= 0.6 is 11.6 Å². The van der Waals surface area contributed by atoms with Crippen LogP contribution in [0.15, 0.2) is 36.4 Å². The molecule has 1 aromatic heterocycles. The Labute approximate surface area is 209 Å². The van der Waals surface area contributed by atoms with Crippen molar-refractivity contribution in [2.45, 2.75) is 60.1 Å². The SMILES string of the molecule is C.CC(O)=CC(C)O.CCC.C[N-]CCN(C)CC1CCN1C.Clc1cccnc1.[Ru+3]. The van der Waals surface area contributed by atoms with E-state index in [0.29, 0.717) is 5.02 Å². The molecular formula is C23H46ClN4O2Ru+2. The van der Waals surface area contributed by atoms with Gasteiger partial charge in [-0.1, -0.05) is 39.3 Å². The molecule has 1 aliphatic rings. The Bertz CT molecular complexity index is 504. The Morgan fingerprint density at radius 1 is 1.45 bits per heavy atom. The van der Waals surface area contributed by atoms with E-state index in [1.54, 1.807) is 31.5 Å². The van der Waals surface area contributed by atoms with Crippen molar-refractivity contribution >= 4 is 11.6 Å². The summed E-state index contributed by atoms with van der Waals surface area (Å²) in [6.45, 7) is 11.9. The molecule has 0 aromatic carbocycles. The fourth-order valence-electron chi connectivity index (χ4n) is 2.21. The Hall–Kier alpha value is -0.557. The van der Waals surface area contributed by atoms with Crippen molar-refractivity contribution in [3.05, 3.63) is 46.7 Å². The predicted octanol–water partition coefficient (Wildman–Crippen LogP) is 5.24. The van der Waals surface area contributed by atoms with Crippen molar-refractivity contribution in [3.63, 3.8) is 0 Å². The Morgan fingerprint density at radius 2 is 2.03 bits per heavy atom. The van der Waals surface area contributed by atoms with Crippen LogP contribution in [0.2, 0.25) is 5.02 Å². The third-order valence-electron chi connectivity index (χ3n) is 3.77. The molecule has 0 saturated carbocycles. The number of allylic oxidation sites excluding steroid dienone is 1. The second-order valence-corrected chi connectivity index (χ2v) is 7.59. The average molecular weight is 547 g/mol. The van der Waals surface area contributed by atoms with Crippen LogP contribution in [0.1, 0.15) is 48.0 Å². The molecular weight excluding hydrogens is 501 g/mol. The fourth-order valence-corrected chi connectivity index (χ4v) is 2.34. The van der Waals surface area contributed by atoms with Crippen LogP contribution in [-0.4, -0.2) is 84.5 Å². The molecule has 2 atom stereocenters. The van der Waals surface area contributed by atoms with Gasteiger partial charge in [-0.15, -0.1) is 6.54 Å². The zero-order chi connectivity index (χ0) is 22.7. The molecule has 1 saturated heterocycles. The number of hydrogen-bond donors (Lipinski definition) is 2. The van der Waals surface area contributed by atoms with Crippen LogP contribution in [0.3, 0.4) is 0 Å². The number of hydrogen-bond acceptors (Lipinski definition) is 5. The van der Waals surface area contributed by atoms with Gasteiger partial charge in [0.25, 0.3) is 0 Å². The molecule has 1 fully saturated rings. The summed E-state index contributed by atoms with van der Waals surface area (Å²) in [4.78, 5) is 8.54. The molecule has 183 valence electrons. The average Bonchev–Trinajstić information content (AvgIpc) is 2.64. The summed E-state index contributed by atoms with van der Waals surface area (Å²) in [7, 11) is 6.26. The third-order valence-corrected chi connectivity index (χ3v) is 4.00. The molecule has 2 N–H and O–H groups in total. The van der Waals surface area contributed by atoms with E-state index in [1.807, 2.05) is 7.05 Å². The number of rotatable bonds is 6. The standard InChI is InChI=1S/C9H20N3.C5H4ClN.C5H10O2.C3H8.CH4.Ru/c1-10-5-7-11(2)8-9-4-6-12(9)3;6-5-2-1-3-7-4-5;1-4(6)3-5(2)7;1-3-2;;/h9H,4-8H2,1-3H3;1-4H;3-4,6-7H,1-2H3;3H2,1-2H3;1H4;/q-1;;;;;+3. The first-order valence-electron chi connectivity index (χ1n) is 10.2. The van der Waals surface area contributed by atoms with E-state index < -0.39 is 6.10 Å². The van der Waals surface area contributed by atoms with Gasteiger partial charge in [0, 0.05) is 25.0 Å².